The van der Waals surface area contributed by atoms with E-state index in [1.165, 1.54) is 88.2 Å². The number of rotatable bonds is 9. The summed E-state index contributed by atoms with van der Waals surface area (Å²) in [5, 5.41) is 5.00. The molecule has 0 fully saturated rings. The molecule has 1 heterocycles. The van der Waals surface area contributed by atoms with Crippen LogP contribution in [0.3, 0.4) is 0 Å². The summed E-state index contributed by atoms with van der Waals surface area (Å²) in [7, 11) is 0. The molecule has 0 radical (unpaired) electrons. The van der Waals surface area contributed by atoms with Crippen LogP contribution in [0.25, 0.3) is 93.9 Å². The summed E-state index contributed by atoms with van der Waals surface area (Å²) >= 11 is 0. The van der Waals surface area contributed by atoms with Crippen LogP contribution in [0.15, 0.2) is 267 Å². The molecule has 0 atom stereocenters. The Morgan fingerprint density at radius 2 is 0.621 bits per heavy atom. The number of fused-ring (bicyclic) bond motifs is 4. The van der Waals surface area contributed by atoms with Crippen LogP contribution in [0.2, 0.25) is 0 Å². The normalized spacial score (nSPS) is 11.3. The summed E-state index contributed by atoms with van der Waals surface area (Å²) < 4.78 is 2.41. The molecule has 1 aromatic heterocycles. The van der Waals surface area contributed by atoms with Gasteiger partial charge in [0.25, 0.3) is 0 Å². The van der Waals surface area contributed by atoms with Gasteiger partial charge < -0.3 is 9.47 Å². The first kappa shape index (κ1) is 38.9. The van der Waals surface area contributed by atoms with E-state index in [1.54, 1.807) is 0 Å². The van der Waals surface area contributed by atoms with E-state index in [0.29, 0.717) is 0 Å². The first-order valence-electron chi connectivity index (χ1n) is 22.7. The average molecular weight is 841 g/mol. The van der Waals surface area contributed by atoms with Gasteiger partial charge in [-0.15, -0.1) is 0 Å². The van der Waals surface area contributed by atoms with Crippen molar-refractivity contribution in [3.63, 3.8) is 0 Å². The van der Waals surface area contributed by atoms with E-state index < -0.39 is 0 Å². The van der Waals surface area contributed by atoms with Crippen molar-refractivity contribution in [2.75, 3.05) is 4.90 Å². The van der Waals surface area contributed by atoms with Crippen molar-refractivity contribution >= 4 is 49.6 Å². The highest BCUT2D eigenvalue weighted by atomic mass is 15.1. The second kappa shape index (κ2) is 16.8. The van der Waals surface area contributed by atoms with Gasteiger partial charge in [-0.3, -0.25) is 0 Å². The van der Waals surface area contributed by atoms with Crippen molar-refractivity contribution in [3.8, 4) is 61.3 Å². The predicted molar refractivity (Wildman–Crippen MR) is 280 cm³/mol. The Labute approximate surface area is 385 Å². The molecular formula is C64H44N2. The standard InChI is InChI=1S/C64H44N2/c1-3-12-45(13-4-1)48-24-33-57(34-25-48)65(59-37-30-51(31-38-59)55-23-22-47-16-7-8-17-52(47)43-55)58-35-28-50(29-36-58)53-18-11-19-54(42-53)56-32-41-62-61-20-9-10-21-63(61)66(64(62)44-56)60-39-26-49(27-40-60)46-14-5-2-6-15-46/h1-44H. The van der Waals surface area contributed by atoms with Crippen molar-refractivity contribution in [2.45, 2.75) is 0 Å². The molecule has 12 aromatic rings. The zero-order valence-corrected chi connectivity index (χ0v) is 36.3. The smallest absolute Gasteiger partial charge is 0.0547 e. The lowest BCUT2D eigenvalue weighted by molar-refractivity contribution is 1.18. The molecule has 0 saturated carbocycles. The quantitative estimate of drug-likeness (QED) is 0.141. The number of anilines is 3. The summed E-state index contributed by atoms with van der Waals surface area (Å²) in [5.74, 6) is 0. The number of nitrogens with zero attached hydrogens (tertiary/aromatic N) is 2. The highest BCUT2D eigenvalue weighted by Crippen LogP contribution is 2.40. The van der Waals surface area contributed by atoms with E-state index in [1.807, 2.05) is 0 Å². The molecule has 0 N–H and O–H groups in total. The second-order valence-electron chi connectivity index (χ2n) is 17.0. The molecule has 2 nitrogen and oxygen atoms in total. The maximum absolute atomic E-state index is 2.41. The highest BCUT2D eigenvalue weighted by Gasteiger charge is 2.16. The van der Waals surface area contributed by atoms with Crippen LogP contribution >= 0.6 is 0 Å². The molecule has 0 amide bonds. The van der Waals surface area contributed by atoms with Crippen LogP contribution in [0, 0.1) is 0 Å². The van der Waals surface area contributed by atoms with Gasteiger partial charge in [0.2, 0.25) is 0 Å². The molecule has 310 valence electrons. The third-order valence-electron chi connectivity index (χ3n) is 13.0. The Balaban J connectivity index is 0.879. The summed E-state index contributed by atoms with van der Waals surface area (Å²) in [4.78, 5) is 2.35. The van der Waals surface area contributed by atoms with Gasteiger partial charge in [0.1, 0.15) is 0 Å². The fraction of sp³-hybridized carbons (Fsp3) is 0. The lowest BCUT2D eigenvalue weighted by atomic mass is 9.98. The van der Waals surface area contributed by atoms with Gasteiger partial charge >= 0.3 is 0 Å². The maximum atomic E-state index is 2.41. The van der Waals surface area contributed by atoms with Gasteiger partial charge in [-0.2, -0.15) is 0 Å². The van der Waals surface area contributed by atoms with E-state index in [-0.39, 0.29) is 0 Å². The SMILES string of the molecule is c1ccc(-c2ccc(N(c3ccc(-c4cccc(-c5ccc6c7ccccc7n(-c7ccc(-c8ccccc8)cc7)c6c5)c4)cc3)c3ccc(-c4ccc5ccccc5c4)cc3)cc2)cc1. The second-order valence-corrected chi connectivity index (χ2v) is 17.0. The largest absolute Gasteiger partial charge is 0.311 e. The molecular weight excluding hydrogens is 797 g/mol. The monoisotopic (exact) mass is 840 g/mol. The minimum Gasteiger partial charge on any atom is -0.311 e. The van der Waals surface area contributed by atoms with Crippen molar-refractivity contribution in [1.29, 1.82) is 0 Å². The van der Waals surface area contributed by atoms with E-state index in [2.05, 4.69) is 276 Å². The van der Waals surface area contributed by atoms with Crippen LogP contribution < -0.4 is 4.90 Å². The van der Waals surface area contributed by atoms with Crippen LogP contribution in [-0.4, -0.2) is 4.57 Å². The summed E-state index contributed by atoms with van der Waals surface area (Å²) in [6.07, 6.45) is 0. The lowest BCUT2D eigenvalue weighted by Crippen LogP contribution is -2.09. The lowest BCUT2D eigenvalue weighted by Gasteiger charge is -2.26. The van der Waals surface area contributed by atoms with E-state index >= 15 is 0 Å². The average Bonchev–Trinajstić information content (AvgIpc) is 3.73. The Bertz CT molecular complexity index is 3640. The minimum atomic E-state index is 1.09. The van der Waals surface area contributed by atoms with Gasteiger partial charge in [-0.1, -0.05) is 194 Å². The first-order valence-corrected chi connectivity index (χ1v) is 22.7. The van der Waals surface area contributed by atoms with Crippen LogP contribution in [0.4, 0.5) is 17.1 Å². The third kappa shape index (κ3) is 7.31. The van der Waals surface area contributed by atoms with E-state index in [9.17, 15) is 0 Å². The minimum absolute atomic E-state index is 1.09. The molecule has 11 aromatic carbocycles. The Kier molecular flexibility index (Phi) is 9.89. The molecule has 0 unspecified atom stereocenters. The molecule has 2 heteroatoms. The van der Waals surface area contributed by atoms with E-state index in [4.69, 9.17) is 0 Å². The zero-order valence-electron chi connectivity index (χ0n) is 36.3. The topological polar surface area (TPSA) is 8.17 Å². The molecule has 0 aliphatic heterocycles. The molecule has 0 bridgehead atoms. The number of para-hydroxylation sites is 1. The van der Waals surface area contributed by atoms with Crippen molar-refractivity contribution < 1.29 is 0 Å². The first-order chi connectivity index (χ1) is 32.7. The van der Waals surface area contributed by atoms with Gasteiger partial charge in [0.15, 0.2) is 0 Å². The Morgan fingerprint density at radius 1 is 0.227 bits per heavy atom. The van der Waals surface area contributed by atoms with Crippen LogP contribution in [-0.2, 0) is 0 Å². The molecule has 12 rings (SSSR count). The molecule has 0 saturated heterocycles. The number of benzene rings is 11. The molecule has 0 spiro atoms. The molecule has 0 aliphatic carbocycles. The summed E-state index contributed by atoms with van der Waals surface area (Å²) in [6.45, 7) is 0. The van der Waals surface area contributed by atoms with Gasteiger partial charge in [-0.05, 0) is 139 Å². The van der Waals surface area contributed by atoms with Gasteiger partial charge in [-0.25, -0.2) is 0 Å². The predicted octanol–water partition coefficient (Wildman–Crippen LogP) is 17.7. The van der Waals surface area contributed by atoms with Crippen molar-refractivity contribution in [2.24, 2.45) is 0 Å². The van der Waals surface area contributed by atoms with Gasteiger partial charge in [0.05, 0.1) is 11.0 Å². The van der Waals surface area contributed by atoms with Crippen molar-refractivity contribution in [1.82, 2.24) is 4.57 Å². The molecule has 0 aliphatic rings. The Morgan fingerprint density at radius 3 is 1.23 bits per heavy atom. The Hall–Kier alpha value is -8.72. The highest BCUT2D eigenvalue weighted by molar-refractivity contribution is 6.10. The number of hydrogen-bond acceptors (Lipinski definition) is 1. The fourth-order valence-corrected chi connectivity index (χ4v) is 9.60. The zero-order chi connectivity index (χ0) is 43.8. The van der Waals surface area contributed by atoms with Crippen LogP contribution in [0.1, 0.15) is 0 Å². The maximum Gasteiger partial charge on any atom is 0.0547 e. The summed E-state index contributed by atoms with van der Waals surface area (Å²) in [5.41, 5.74) is 18.8. The third-order valence-corrected chi connectivity index (χ3v) is 13.0. The van der Waals surface area contributed by atoms with Crippen LogP contribution in [0.5, 0.6) is 0 Å². The van der Waals surface area contributed by atoms with Crippen molar-refractivity contribution in [3.05, 3.63) is 267 Å². The number of hydrogen-bond donors (Lipinski definition) is 0. The molecule has 66 heavy (non-hydrogen) atoms. The number of aromatic nitrogens is 1. The summed E-state index contributed by atoms with van der Waals surface area (Å²) in [6, 6.07) is 96.8. The van der Waals surface area contributed by atoms with Gasteiger partial charge in [0, 0.05) is 33.5 Å². The van der Waals surface area contributed by atoms with E-state index in [0.717, 1.165) is 22.7 Å². The fourth-order valence-electron chi connectivity index (χ4n) is 9.60.